The zero-order valence-corrected chi connectivity index (χ0v) is 8.63. The lowest BCUT2D eigenvalue weighted by Gasteiger charge is -2.10. The van der Waals surface area contributed by atoms with E-state index in [0.29, 0.717) is 25.3 Å². The molecule has 1 aromatic heterocycles. The smallest absolute Gasteiger partial charge is 0.332 e. The third kappa shape index (κ3) is 2.77. The molecular formula is C9H13N3O4. The van der Waals surface area contributed by atoms with Crippen LogP contribution in [0.15, 0.2) is 10.9 Å². The molecule has 1 fully saturated rings. The minimum atomic E-state index is -0.888. The first-order valence-corrected chi connectivity index (χ1v) is 5.10. The number of nitrogens with zero attached hydrogens (tertiary/aromatic N) is 2. The molecule has 1 saturated heterocycles. The van der Waals surface area contributed by atoms with E-state index in [1.807, 2.05) is 0 Å². The van der Waals surface area contributed by atoms with Crippen LogP contribution in [0.5, 0.6) is 0 Å². The number of carbonyl (C=O) groups is 1. The molecular weight excluding hydrogens is 214 g/mol. The number of ether oxygens (including phenoxy) is 1. The normalized spacial score (nSPS) is 24.8. The van der Waals surface area contributed by atoms with Gasteiger partial charge in [-0.3, -0.25) is 0 Å². The van der Waals surface area contributed by atoms with E-state index in [2.05, 4.69) is 20.0 Å². The van der Waals surface area contributed by atoms with Gasteiger partial charge in [0.2, 0.25) is 6.39 Å². The van der Waals surface area contributed by atoms with Crippen LogP contribution in [-0.4, -0.2) is 40.0 Å². The van der Waals surface area contributed by atoms with Crippen LogP contribution < -0.4 is 5.32 Å². The minimum absolute atomic E-state index is 0.0481. The maximum atomic E-state index is 10.6. The third-order valence-corrected chi connectivity index (χ3v) is 2.45. The molecule has 1 aliphatic rings. The molecule has 0 saturated carbocycles. The first-order chi connectivity index (χ1) is 7.75. The van der Waals surface area contributed by atoms with Crippen molar-refractivity contribution in [2.24, 2.45) is 0 Å². The highest BCUT2D eigenvalue weighted by Gasteiger charge is 2.29. The number of aliphatic carboxylic acids is 1. The number of nitrogens with one attached hydrogen (secondary N) is 1. The molecule has 88 valence electrons. The van der Waals surface area contributed by atoms with Crippen molar-refractivity contribution in [3.63, 3.8) is 0 Å². The fourth-order valence-corrected chi connectivity index (χ4v) is 1.65. The lowest BCUT2D eigenvalue weighted by Crippen LogP contribution is -2.28. The summed E-state index contributed by atoms with van der Waals surface area (Å²) in [6, 6.07) is 0. The highest BCUT2D eigenvalue weighted by atomic mass is 16.5. The zero-order chi connectivity index (χ0) is 11.4. The summed E-state index contributed by atoms with van der Waals surface area (Å²) in [6.07, 6.45) is 1.90. The van der Waals surface area contributed by atoms with Crippen LogP contribution in [0.25, 0.3) is 0 Å². The van der Waals surface area contributed by atoms with E-state index in [-0.39, 0.29) is 6.10 Å². The van der Waals surface area contributed by atoms with Gasteiger partial charge in [0.05, 0.1) is 12.6 Å². The molecule has 7 heteroatoms. The Morgan fingerprint density at radius 2 is 2.50 bits per heavy atom. The molecule has 2 atom stereocenters. The predicted octanol–water partition coefficient (Wildman–Crippen LogP) is -0.209. The Kier molecular flexibility index (Phi) is 3.47. The van der Waals surface area contributed by atoms with Crippen LogP contribution in [-0.2, 0) is 16.1 Å². The number of carboxylic acid groups (broad SMARTS) is 1. The van der Waals surface area contributed by atoms with E-state index < -0.39 is 12.1 Å². The second kappa shape index (κ2) is 5.04. The van der Waals surface area contributed by atoms with Gasteiger partial charge in [-0.1, -0.05) is 5.16 Å². The number of hydrogen-bond acceptors (Lipinski definition) is 6. The fourth-order valence-electron chi connectivity index (χ4n) is 1.65. The van der Waals surface area contributed by atoms with Crippen LogP contribution in [0, 0.1) is 0 Å². The Balaban J connectivity index is 1.66. The zero-order valence-electron chi connectivity index (χ0n) is 8.63. The molecule has 0 aliphatic carbocycles. The molecule has 0 aromatic carbocycles. The van der Waals surface area contributed by atoms with E-state index >= 15 is 0 Å². The summed E-state index contributed by atoms with van der Waals surface area (Å²) in [6.45, 7) is 1.09. The Morgan fingerprint density at radius 3 is 3.12 bits per heavy atom. The van der Waals surface area contributed by atoms with Gasteiger partial charge in [-0.15, -0.1) is 0 Å². The van der Waals surface area contributed by atoms with Crippen molar-refractivity contribution in [1.29, 1.82) is 0 Å². The van der Waals surface area contributed by atoms with Crippen molar-refractivity contribution in [3.05, 3.63) is 12.2 Å². The summed E-state index contributed by atoms with van der Waals surface area (Å²) in [5.41, 5.74) is 0. The molecule has 2 rings (SSSR count). The molecule has 0 radical (unpaired) electrons. The molecule has 2 N–H and O–H groups in total. The van der Waals surface area contributed by atoms with Crippen LogP contribution >= 0.6 is 0 Å². The largest absolute Gasteiger partial charge is 0.479 e. The standard InChI is InChI=1S/C9H13N3O4/c13-9(14)7-2-1-6(16-7)3-10-4-8-11-5-15-12-8/h5-7,10H,1-4H2,(H,13,14). The molecule has 1 aromatic rings. The van der Waals surface area contributed by atoms with Gasteiger partial charge in [0.15, 0.2) is 11.9 Å². The van der Waals surface area contributed by atoms with Crippen LogP contribution in [0.4, 0.5) is 0 Å². The van der Waals surface area contributed by atoms with E-state index in [9.17, 15) is 4.79 Å². The van der Waals surface area contributed by atoms with Crippen molar-refractivity contribution in [2.75, 3.05) is 6.54 Å². The second-order valence-electron chi connectivity index (χ2n) is 3.64. The number of rotatable bonds is 5. The summed E-state index contributed by atoms with van der Waals surface area (Å²) >= 11 is 0. The Hall–Kier alpha value is -1.47. The molecule has 7 nitrogen and oxygen atoms in total. The number of hydrogen-bond donors (Lipinski definition) is 2. The highest BCUT2D eigenvalue weighted by molar-refractivity contribution is 5.72. The van der Waals surface area contributed by atoms with Gasteiger partial charge in [0, 0.05) is 6.54 Å². The SMILES string of the molecule is O=C(O)C1CCC(CNCc2ncon2)O1. The van der Waals surface area contributed by atoms with Gasteiger partial charge in [-0.05, 0) is 12.8 Å². The first-order valence-electron chi connectivity index (χ1n) is 5.10. The summed E-state index contributed by atoms with van der Waals surface area (Å²) < 4.78 is 9.89. The fraction of sp³-hybridized carbons (Fsp3) is 0.667. The van der Waals surface area contributed by atoms with Crippen molar-refractivity contribution in [1.82, 2.24) is 15.5 Å². The molecule has 0 spiro atoms. The van der Waals surface area contributed by atoms with Gasteiger partial charge < -0.3 is 19.7 Å². The molecule has 0 bridgehead atoms. The maximum Gasteiger partial charge on any atom is 0.332 e. The molecule has 2 unspecified atom stereocenters. The van der Waals surface area contributed by atoms with Gasteiger partial charge in [0.1, 0.15) is 0 Å². The van der Waals surface area contributed by atoms with Crippen molar-refractivity contribution < 1.29 is 19.2 Å². The van der Waals surface area contributed by atoms with Gasteiger partial charge in [-0.25, -0.2) is 4.79 Å². The predicted molar refractivity (Wildman–Crippen MR) is 51.5 cm³/mol. The summed E-state index contributed by atoms with van der Waals surface area (Å²) in [4.78, 5) is 14.5. The lowest BCUT2D eigenvalue weighted by molar-refractivity contribution is -0.149. The van der Waals surface area contributed by atoms with Crippen LogP contribution in [0.2, 0.25) is 0 Å². The lowest BCUT2D eigenvalue weighted by atomic mass is 10.2. The van der Waals surface area contributed by atoms with Crippen molar-refractivity contribution >= 4 is 5.97 Å². The maximum absolute atomic E-state index is 10.6. The van der Waals surface area contributed by atoms with Crippen molar-refractivity contribution in [3.8, 4) is 0 Å². The summed E-state index contributed by atoms with van der Waals surface area (Å²) in [5.74, 6) is -0.312. The first kappa shape index (κ1) is 11.0. The molecule has 2 heterocycles. The third-order valence-electron chi connectivity index (χ3n) is 2.45. The highest BCUT2D eigenvalue weighted by Crippen LogP contribution is 2.19. The minimum Gasteiger partial charge on any atom is -0.479 e. The van der Waals surface area contributed by atoms with Crippen LogP contribution in [0.1, 0.15) is 18.7 Å². The Bertz CT molecular complexity index is 341. The quantitative estimate of drug-likeness (QED) is 0.718. The van der Waals surface area contributed by atoms with Gasteiger partial charge in [0.25, 0.3) is 0 Å². The second-order valence-corrected chi connectivity index (χ2v) is 3.64. The van der Waals surface area contributed by atoms with Crippen LogP contribution in [0.3, 0.4) is 0 Å². The van der Waals surface area contributed by atoms with Crippen molar-refractivity contribution in [2.45, 2.75) is 31.6 Å². The van der Waals surface area contributed by atoms with Gasteiger partial charge >= 0.3 is 5.97 Å². The summed E-state index contributed by atoms with van der Waals surface area (Å²) in [7, 11) is 0. The number of carboxylic acids is 1. The molecule has 16 heavy (non-hydrogen) atoms. The van der Waals surface area contributed by atoms with E-state index in [1.165, 1.54) is 6.39 Å². The van der Waals surface area contributed by atoms with Gasteiger partial charge in [-0.2, -0.15) is 4.98 Å². The summed E-state index contributed by atoms with van der Waals surface area (Å²) in [5, 5.41) is 15.5. The Labute approximate surface area is 91.8 Å². The number of aromatic nitrogens is 2. The topological polar surface area (TPSA) is 97.5 Å². The average molecular weight is 227 g/mol. The van der Waals surface area contributed by atoms with E-state index in [4.69, 9.17) is 9.84 Å². The average Bonchev–Trinajstić information content (AvgIpc) is 2.87. The van der Waals surface area contributed by atoms with E-state index in [1.54, 1.807) is 0 Å². The molecule has 1 aliphatic heterocycles. The van der Waals surface area contributed by atoms with E-state index in [0.717, 1.165) is 6.42 Å². The molecule has 0 amide bonds. The monoisotopic (exact) mass is 227 g/mol. The Morgan fingerprint density at radius 1 is 1.62 bits per heavy atom.